The van der Waals surface area contributed by atoms with Gasteiger partial charge in [0.15, 0.2) is 11.5 Å². The predicted octanol–water partition coefficient (Wildman–Crippen LogP) is 3.71. The van der Waals surface area contributed by atoms with Crippen LogP contribution in [0.15, 0.2) is 42.5 Å². The fourth-order valence-electron chi connectivity index (χ4n) is 3.55. The van der Waals surface area contributed by atoms with E-state index in [0.29, 0.717) is 12.2 Å². The number of ether oxygens (including phenoxy) is 1. The van der Waals surface area contributed by atoms with Crippen molar-refractivity contribution < 1.29 is 9.53 Å². The first kappa shape index (κ1) is 15.8. The van der Waals surface area contributed by atoms with Crippen molar-refractivity contribution in [3.05, 3.63) is 48.3 Å². The van der Waals surface area contributed by atoms with Crippen molar-refractivity contribution in [1.82, 2.24) is 14.6 Å². The number of fused-ring (bicyclic) bond motifs is 1. The van der Waals surface area contributed by atoms with Crippen LogP contribution < -0.4 is 4.74 Å². The normalized spacial score (nSPS) is 14.9. The monoisotopic (exact) mass is 335 g/mol. The zero-order chi connectivity index (χ0) is 17.2. The summed E-state index contributed by atoms with van der Waals surface area (Å²) >= 11 is 0. The first-order chi connectivity index (χ1) is 12.2. The van der Waals surface area contributed by atoms with Crippen molar-refractivity contribution in [2.45, 2.75) is 32.1 Å². The molecule has 2 aromatic heterocycles. The average Bonchev–Trinajstić information content (AvgIpc) is 3.30. The van der Waals surface area contributed by atoms with E-state index >= 15 is 0 Å². The summed E-state index contributed by atoms with van der Waals surface area (Å²) in [6.07, 6.45) is 4.69. The van der Waals surface area contributed by atoms with Crippen LogP contribution in [0.3, 0.4) is 0 Å². The van der Waals surface area contributed by atoms with E-state index < -0.39 is 0 Å². The Bertz CT molecular complexity index is 893. The highest BCUT2D eigenvalue weighted by Crippen LogP contribution is 2.27. The molecule has 0 N–H and O–H groups in total. The molecule has 1 aromatic carbocycles. The number of rotatable bonds is 5. The summed E-state index contributed by atoms with van der Waals surface area (Å²) < 4.78 is 7.04. The number of aromatic nitrogens is 3. The molecule has 0 radical (unpaired) electrons. The van der Waals surface area contributed by atoms with Gasteiger partial charge in [0, 0.05) is 11.5 Å². The van der Waals surface area contributed by atoms with E-state index in [4.69, 9.17) is 4.74 Å². The molecule has 5 nitrogen and oxygen atoms in total. The Labute approximate surface area is 146 Å². The molecule has 0 amide bonds. The standard InChI is InChI=1S/C20H21N3O2/c1-25-16-11-9-14(10-12-16)17-7-4-8-20-21-19(22-23(17)20)13-18(24)15-5-2-3-6-15/h4,7-12,15H,2-3,5-6,13H2,1H3. The molecule has 4 rings (SSSR count). The second kappa shape index (κ2) is 6.67. The molecule has 0 saturated heterocycles. The van der Waals surface area contributed by atoms with Crippen LogP contribution in [0.5, 0.6) is 5.75 Å². The van der Waals surface area contributed by atoms with Gasteiger partial charge >= 0.3 is 0 Å². The Morgan fingerprint density at radius 1 is 1.16 bits per heavy atom. The Morgan fingerprint density at radius 2 is 1.92 bits per heavy atom. The maximum atomic E-state index is 12.4. The first-order valence-corrected chi connectivity index (χ1v) is 8.76. The first-order valence-electron chi connectivity index (χ1n) is 8.76. The molecule has 128 valence electrons. The molecule has 1 aliphatic rings. The molecule has 1 aliphatic carbocycles. The van der Waals surface area contributed by atoms with Crippen LogP contribution in [0.4, 0.5) is 0 Å². The number of ketones is 1. The summed E-state index contributed by atoms with van der Waals surface area (Å²) in [4.78, 5) is 17.0. The quantitative estimate of drug-likeness (QED) is 0.713. The fraction of sp³-hybridized carbons (Fsp3) is 0.350. The van der Waals surface area contributed by atoms with Crippen molar-refractivity contribution in [3.63, 3.8) is 0 Å². The minimum absolute atomic E-state index is 0.202. The minimum Gasteiger partial charge on any atom is -0.497 e. The van der Waals surface area contributed by atoms with E-state index in [1.165, 1.54) is 0 Å². The summed E-state index contributed by atoms with van der Waals surface area (Å²) in [7, 11) is 1.65. The summed E-state index contributed by atoms with van der Waals surface area (Å²) in [6, 6.07) is 13.7. The third kappa shape index (κ3) is 3.14. The fourth-order valence-corrected chi connectivity index (χ4v) is 3.55. The molecule has 25 heavy (non-hydrogen) atoms. The van der Waals surface area contributed by atoms with E-state index in [0.717, 1.165) is 48.3 Å². The van der Waals surface area contributed by atoms with Gasteiger partial charge in [-0.1, -0.05) is 18.9 Å². The van der Waals surface area contributed by atoms with Gasteiger partial charge in [0.25, 0.3) is 0 Å². The number of carbonyl (C=O) groups excluding carboxylic acids is 1. The van der Waals surface area contributed by atoms with Crippen LogP contribution in [0, 0.1) is 5.92 Å². The van der Waals surface area contributed by atoms with Crippen molar-refractivity contribution in [1.29, 1.82) is 0 Å². The highest BCUT2D eigenvalue weighted by atomic mass is 16.5. The van der Waals surface area contributed by atoms with E-state index in [-0.39, 0.29) is 11.7 Å². The average molecular weight is 335 g/mol. The minimum atomic E-state index is 0.202. The molecule has 0 atom stereocenters. The van der Waals surface area contributed by atoms with Gasteiger partial charge in [-0.2, -0.15) is 5.10 Å². The molecular weight excluding hydrogens is 314 g/mol. The Hall–Kier alpha value is -2.69. The van der Waals surface area contributed by atoms with Crippen LogP contribution in [0.2, 0.25) is 0 Å². The maximum absolute atomic E-state index is 12.4. The van der Waals surface area contributed by atoms with Gasteiger partial charge in [-0.3, -0.25) is 4.79 Å². The van der Waals surface area contributed by atoms with Crippen molar-refractivity contribution in [2.24, 2.45) is 5.92 Å². The van der Waals surface area contributed by atoms with Crippen molar-refractivity contribution in [3.8, 4) is 17.0 Å². The molecule has 3 aromatic rings. The number of methoxy groups -OCH3 is 1. The molecule has 0 spiro atoms. The Kier molecular flexibility index (Phi) is 4.22. The molecule has 0 bridgehead atoms. The van der Waals surface area contributed by atoms with Gasteiger partial charge in [0.05, 0.1) is 19.2 Å². The van der Waals surface area contributed by atoms with Gasteiger partial charge in [-0.05, 0) is 49.2 Å². The SMILES string of the molecule is COc1ccc(-c2cccc3nc(CC(=O)C4CCCC4)nn23)cc1. The summed E-state index contributed by atoms with van der Waals surface area (Å²) in [6.45, 7) is 0. The lowest BCUT2D eigenvalue weighted by molar-refractivity contribution is -0.122. The summed E-state index contributed by atoms with van der Waals surface area (Å²) in [5, 5.41) is 4.60. The van der Waals surface area contributed by atoms with Crippen LogP contribution in [0.1, 0.15) is 31.5 Å². The van der Waals surface area contributed by atoms with Gasteiger partial charge in [-0.25, -0.2) is 9.50 Å². The van der Waals surface area contributed by atoms with E-state index in [1.54, 1.807) is 7.11 Å². The second-order valence-corrected chi connectivity index (χ2v) is 6.56. The third-order valence-corrected chi connectivity index (χ3v) is 4.93. The third-order valence-electron chi connectivity index (χ3n) is 4.93. The number of Topliss-reactive ketones (excluding diaryl/α,β-unsaturated/α-hetero) is 1. The molecule has 2 heterocycles. The highest BCUT2D eigenvalue weighted by Gasteiger charge is 2.24. The second-order valence-electron chi connectivity index (χ2n) is 6.56. The van der Waals surface area contributed by atoms with E-state index in [1.807, 2.05) is 47.0 Å². The highest BCUT2D eigenvalue weighted by molar-refractivity contribution is 5.83. The van der Waals surface area contributed by atoms with Gasteiger partial charge in [0.2, 0.25) is 0 Å². The summed E-state index contributed by atoms with van der Waals surface area (Å²) in [5.41, 5.74) is 2.75. The zero-order valence-corrected chi connectivity index (χ0v) is 14.3. The zero-order valence-electron chi connectivity index (χ0n) is 14.3. The van der Waals surface area contributed by atoms with Crippen LogP contribution >= 0.6 is 0 Å². The van der Waals surface area contributed by atoms with Crippen LogP contribution in [-0.2, 0) is 11.2 Å². The molecule has 1 saturated carbocycles. The van der Waals surface area contributed by atoms with Gasteiger partial charge < -0.3 is 4.74 Å². The molecule has 1 fully saturated rings. The number of pyridine rings is 1. The Morgan fingerprint density at radius 3 is 2.64 bits per heavy atom. The van der Waals surface area contributed by atoms with Crippen LogP contribution in [0.25, 0.3) is 16.9 Å². The van der Waals surface area contributed by atoms with Gasteiger partial charge in [0.1, 0.15) is 11.5 Å². The molecule has 0 aliphatic heterocycles. The number of hydrogen-bond acceptors (Lipinski definition) is 4. The number of hydrogen-bond donors (Lipinski definition) is 0. The number of benzene rings is 1. The van der Waals surface area contributed by atoms with Crippen LogP contribution in [-0.4, -0.2) is 27.5 Å². The maximum Gasteiger partial charge on any atom is 0.159 e. The lowest BCUT2D eigenvalue weighted by Gasteiger charge is -2.06. The number of carbonyl (C=O) groups is 1. The Balaban J connectivity index is 1.64. The molecule has 0 unspecified atom stereocenters. The van der Waals surface area contributed by atoms with E-state index in [2.05, 4.69) is 10.1 Å². The van der Waals surface area contributed by atoms with Crippen molar-refractivity contribution in [2.75, 3.05) is 7.11 Å². The topological polar surface area (TPSA) is 56.5 Å². The lowest BCUT2D eigenvalue weighted by Crippen LogP contribution is -2.14. The molecule has 5 heteroatoms. The molecular formula is C20H21N3O2. The largest absolute Gasteiger partial charge is 0.497 e. The smallest absolute Gasteiger partial charge is 0.159 e. The number of nitrogens with zero attached hydrogens (tertiary/aromatic N) is 3. The predicted molar refractivity (Wildman–Crippen MR) is 95.6 cm³/mol. The summed E-state index contributed by atoms with van der Waals surface area (Å²) in [5.74, 6) is 1.90. The van der Waals surface area contributed by atoms with E-state index in [9.17, 15) is 4.79 Å². The lowest BCUT2D eigenvalue weighted by atomic mass is 10.0. The van der Waals surface area contributed by atoms with Gasteiger partial charge in [-0.15, -0.1) is 0 Å². The van der Waals surface area contributed by atoms with Crippen molar-refractivity contribution >= 4 is 11.4 Å².